The van der Waals surface area contributed by atoms with Crippen LogP contribution in [0, 0.1) is 0 Å². The summed E-state index contributed by atoms with van der Waals surface area (Å²) in [5.41, 5.74) is 0.889. The third-order valence-electron chi connectivity index (χ3n) is 3.04. The maximum atomic E-state index is 11.1. The second-order valence-corrected chi connectivity index (χ2v) is 6.01. The molecule has 1 fully saturated rings. The van der Waals surface area contributed by atoms with E-state index in [1.54, 1.807) is 12.1 Å². The van der Waals surface area contributed by atoms with Crippen LogP contribution in [-0.4, -0.2) is 52.7 Å². The molecule has 0 bridgehead atoms. The first-order valence-corrected chi connectivity index (χ1v) is 7.77. The number of nitrogens with two attached hydrogens (primary N) is 1. The van der Waals surface area contributed by atoms with Crippen LogP contribution < -0.4 is 10.5 Å². The Balaban J connectivity index is 1.80. The van der Waals surface area contributed by atoms with Crippen LogP contribution in [0.15, 0.2) is 29.2 Å². The predicted molar refractivity (Wildman–Crippen MR) is 73.6 cm³/mol. The summed E-state index contributed by atoms with van der Waals surface area (Å²) in [6, 6.07) is 6.46. The van der Waals surface area contributed by atoms with Crippen molar-refractivity contribution >= 4 is 15.7 Å². The third-order valence-corrected chi connectivity index (χ3v) is 3.97. The second-order valence-electron chi connectivity index (χ2n) is 4.45. The van der Waals surface area contributed by atoms with Gasteiger partial charge in [-0.1, -0.05) is 0 Å². The van der Waals surface area contributed by atoms with E-state index in [1.807, 2.05) is 0 Å². The Morgan fingerprint density at radius 1 is 1.21 bits per heavy atom. The molecule has 2 rings (SSSR count). The molecule has 1 aliphatic rings. The molecule has 0 radical (unpaired) electrons. The van der Waals surface area contributed by atoms with Crippen LogP contribution in [-0.2, 0) is 14.8 Å². The van der Waals surface area contributed by atoms with E-state index in [0.717, 1.165) is 45.1 Å². The van der Waals surface area contributed by atoms with Crippen LogP contribution in [0.1, 0.15) is 0 Å². The quantitative estimate of drug-likeness (QED) is 0.800. The third kappa shape index (κ3) is 4.46. The van der Waals surface area contributed by atoms with Gasteiger partial charge in [-0.2, -0.15) is 0 Å². The Labute approximate surface area is 113 Å². The van der Waals surface area contributed by atoms with Crippen molar-refractivity contribution in [3.63, 3.8) is 0 Å². The smallest absolute Gasteiger partial charge is 0.238 e. The van der Waals surface area contributed by atoms with Gasteiger partial charge in [-0.05, 0) is 24.3 Å². The van der Waals surface area contributed by atoms with E-state index in [2.05, 4.69) is 10.2 Å². The molecule has 0 spiro atoms. The summed E-state index contributed by atoms with van der Waals surface area (Å²) in [5.74, 6) is 0. The summed E-state index contributed by atoms with van der Waals surface area (Å²) < 4.78 is 27.5. The highest BCUT2D eigenvalue weighted by molar-refractivity contribution is 7.89. The van der Waals surface area contributed by atoms with E-state index in [9.17, 15) is 8.42 Å². The van der Waals surface area contributed by atoms with E-state index < -0.39 is 10.0 Å². The SMILES string of the molecule is NS(=O)(=O)c1ccc(NCCN2CCOCC2)cc1. The summed E-state index contributed by atoms with van der Waals surface area (Å²) in [5, 5.41) is 8.29. The van der Waals surface area contributed by atoms with Gasteiger partial charge >= 0.3 is 0 Å². The summed E-state index contributed by atoms with van der Waals surface area (Å²) in [7, 11) is -3.61. The van der Waals surface area contributed by atoms with Gasteiger partial charge in [-0.15, -0.1) is 0 Å². The molecule has 1 heterocycles. The summed E-state index contributed by atoms with van der Waals surface area (Å²) >= 11 is 0. The first-order chi connectivity index (χ1) is 9.05. The lowest BCUT2D eigenvalue weighted by Crippen LogP contribution is -2.38. The van der Waals surface area contributed by atoms with Crippen LogP contribution in [0.5, 0.6) is 0 Å². The minimum Gasteiger partial charge on any atom is -0.384 e. The zero-order valence-corrected chi connectivity index (χ0v) is 11.5. The van der Waals surface area contributed by atoms with Gasteiger partial charge in [0.05, 0.1) is 18.1 Å². The Morgan fingerprint density at radius 2 is 1.84 bits per heavy atom. The van der Waals surface area contributed by atoms with Crippen molar-refractivity contribution in [3.8, 4) is 0 Å². The van der Waals surface area contributed by atoms with Gasteiger partial charge < -0.3 is 10.1 Å². The van der Waals surface area contributed by atoms with E-state index in [1.165, 1.54) is 12.1 Å². The zero-order valence-electron chi connectivity index (χ0n) is 10.7. The molecule has 1 aromatic rings. The summed E-state index contributed by atoms with van der Waals surface area (Å²) in [6.07, 6.45) is 0. The molecule has 0 aromatic heterocycles. The lowest BCUT2D eigenvalue weighted by molar-refractivity contribution is 0.0398. The van der Waals surface area contributed by atoms with Crippen molar-refractivity contribution in [2.24, 2.45) is 5.14 Å². The van der Waals surface area contributed by atoms with Crippen LogP contribution >= 0.6 is 0 Å². The topological polar surface area (TPSA) is 84.7 Å². The molecule has 1 aromatic carbocycles. The van der Waals surface area contributed by atoms with Crippen molar-refractivity contribution < 1.29 is 13.2 Å². The number of ether oxygens (including phenoxy) is 1. The molecule has 6 nitrogen and oxygen atoms in total. The van der Waals surface area contributed by atoms with Crippen molar-refractivity contribution in [2.75, 3.05) is 44.7 Å². The molecule has 106 valence electrons. The summed E-state index contributed by atoms with van der Waals surface area (Å²) in [4.78, 5) is 2.46. The van der Waals surface area contributed by atoms with Crippen molar-refractivity contribution in [2.45, 2.75) is 4.90 Å². The fraction of sp³-hybridized carbons (Fsp3) is 0.500. The number of benzene rings is 1. The fourth-order valence-electron chi connectivity index (χ4n) is 1.95. The number of hydrogen-bond donors (Lipinski definition) is 2. The molecule has 0 saturated carbocycles. The van der Waals surface area contributed by atoms with Crippen LogP contribution in [0.3, 0.4) is 0 Å². The Kier molecular flexibility index (Phi) is 4.76. The van der Waals surface area contributed by atoms with E-state index >= 15 is 0 Å². The number of nitrogens with zero attached hydrogens (tertiary/aromatic N) is 1. The predicted octanol–water partition coefficient (Wildman–Crippen LogP) is 0.0781. The fourth-order valence-corrected chi connectivity index (χ4v) is 2.46. The number of nitrogens with one attached hydrogen (secondary N) is 1. The normalized spacial score (nSPS) is 17.3. The highest BCUT2D eigenvalue weighted by Crippen LogP contribution is 2.12. The molecule has 0 atom stereocenters. The first-order valence-electron chi connectivity index (χ1n) is 6.22. The maximum absolute atomic E-state index is 11.1. The average molecular weight is 285 g/mol. The lowest BCUT2D eigenvalue weighted by atomic mass is 10.3. The molecule has 3 N–H and O–H groups in total. The van der Waals surface area contributed by atoms with Crippen molar-refractivity contribution in [1.29, 1.82) is 0 Å². The van der Waals surface area contributed by atoms with E-state index in [-0.39, 0.29) is 4.90 Å². The minimum atomic E-state index is -3.61. The highest BCUT2D eigenvalue weighted by atomic mass is 32.2. The van der Waals surface area contributed by atoms with Crippen LogP contribution in [0.25, 0.3) is 0 Å². The van der Waals surface area contributed by atoms with Gasteiger partial charge in [0, 0.05) is 31.9 Å². The summed E-state index contributed by atoms with van der Waals surface area (Å²) in [6.45, 7) is 5.28. The number of hydrogen-bond acceptors (Lipinski definition) is 5. The first kappa shape index (κ1) is 14.3. The molecule has 0 aliphatic carbocycles. The average Bonchev–Trinajstić information content (AvgIpc) is 2.39. The zero-order chi connectivity index (χ0) is 13.7. The Hall–Kier alpha value is -1.15. The molecular weight excluding hydrogens is 266 g/mol. The molecule has 0 unspecified atom stereocenters. The van der Waals surface area contributed by atoms with E-state index in [0.29, 0.717) is 0 Å². The number of rotatable bonds is 5. The molecular formula is C12H19N3O3S. The minimum absolute atomic E-state index is 0.131. The lowest BCUT2D eigenvalue weighted by Gasteiger charge is -2.26. The molecule has 1 saturated heterocycles. The number of primary sulfonamides is 1. The largest absolute Gasteiger partial charge is 0.384 e. The Morgan fingerprint density at radius 3 is 2.42 bits per heavy atom. The van der Waals surface area contributed by atoms with E-state index in [4.69, 9.17) is 9.88 Å². The van der Waals surface area contributed by atoms with Gasteiger partial charge in [0.2, 0.25) is 10.0 Å². The second kappa shape index (κ2) is 6.33. The van der Waals surface area contributed by atoms with Crippen molar-refractivity contribution in [3.05, 3.63) is 24.3 Å². The van der Waals surface area contributed by atoms with Crippen molar-refractivity contribution in [1.82, 2.24) is 4.90 Å². The number of morpholine rings is 1. The Bertz CT molecular complexity index is 495. The number of sulfonamides is 1. The van der Waals surface area contributed by atoms with Gasteiger partial charge in [-0.3, -0.25) is 4.90 Å². The van der Waals surface area contributed by atoms with Gasteiger partial charge in [0.15, 0.2) is 0 Å². The molecule has 7 heteroatoms. The molecule has 19 heavy (non-hydrogen) atoms. The van der Waals surface area contributed by atoms with Gasteiger partial charge in [0.1, 0.15) is 0 Å². The molecule has 1 aliphatic heterocycles. The van der Waals surface area contributed by atoms with Gasteiger partial charge in [0.25, 0.3) is 0 Å². The molecule has 0 amide bonds. The standard InChI is InChI=1S/C12H19N3O3S/c13-19(16,17)12-3-1-11(2-4-12)14-5-6-15-7-9-18-10-8-15/h1-4,14H,5-10H2,(H2,13,16,17). The maximum Gasteiger partial charge on any atom is 0.238 e. The highest BCUT2D eigenvalue weighted by Gasteiger charge is 2.09. The number of anilines is 1. The van der Waals surface area contributed by atoms with Crippen LogP contribution in [0.2, 0.25) is 0 Å². The monoisotopic (exact) mass is 285 g/mol. The van der Waals surface area contributed by atoms with Crippen LogP contribution in [0.4, 0.5) is 5.69 Å². The van der Waals surface area contributed by atoms with Gasteiger partial charge in [-0.25, -0.2) is 13.6 Å².